The largest absolute Gasteiger partial charge is 0.369 e. The number of rotatable bonds is 2. The van der Waals surface area contributed by atoms with Crippen LogP contribution in [0.25, 0.3) is 0 Å². The van der Waals surface area contributed by atoms with Crippen LogP contribution < -0.4 is 5.73 Å². The van der Waals surface area contributed by atoms with Crippen molar-refractivity contribution in [1.29, 1.82) is 0 Å². The van der Waals surface area contributed by atoms with Crippen LogP contribution in [0.2, 0.25) is 0 Å². The molecule has 1 aromatic carbocycles. The summed E-state index contributed by atoms with van der Waals surface area (Å²) in [6.45, 7) is 2.68. The van der Waals surface area contributed by atoms with Crippen LogP contribution >= 0.6 is 15.9 Å². The van der Waals surface area contributed by atoms with Gasteiger partial charge in [0.05, 0.1) is 12.2 Å². The lowest BCUT2D eigenvalue weighted by molar-refractivity contribution is 0.807. The van der Waals surface area contributed by atoms with Crippen molar-refractivity contribution in [2.45, 2.75) is 13.5 Å². The molecule has 0 aliphatic rings. The molecule has 1 heterocycles. The molecule has 0 aliphatic carbocycles. The topological polar surface area (TPSA) is 43.8 Å². The molecule has 4 heteroatoms. The van der Waals surface area contributed by atoms with Crippen LogP contribution in [-0.4, -0.2) is 9.55 Å². The summed E-state index contributed by atoms with van der Waals surface area (Å²) in [5, 5.41) is 0. The first-order valence-electron chi connectivity index (χ1n) is 4.69. The van der Waals surface area contributed by atoms with Crippen molar-refractivity contribution in [2.24, 2.45) is 0 Å². The van der Waals surface area contributed by atoms with Gasteiger partial charge in [-0.05, 0) is 18.6 Å². The maximum atomic E-state index is 5.78. The minimum Gasteiger partial charge on any atom is -0.369 e. The van der Waals surface area contributed by atoms with Crippen LogP contribution in [0.15, 0.2) is 34.9 Å². The van der Waals surface area contributed by atoms with E-state index in [0.29, 0.717) is 5.95 Å². The van der Waals surface area contributed by atoms with Gasteiger partial charge < -0.3 is 10.3 Å². The van der Waals surface area contributed by atoms with Gasteiger partial charge in [0.15, 0.2) is 0 Å². The van der Waals surface area contributed by atoms with Gasteiger partial charge in [-0.25, -0.2) is 4.98 Å². The van der Waals surface area contributed by atoms with Crippen LogP contribution in [0.5, 0.6) is 0 Å². The maximum Gasteiger partial charge on any atom is 0.200 e. The third-order valence-electron chi connectivity index (χ3n) is 2.23. The van der Waals surface area contributed by atoms with Crippen molar-refractivity contribution >= 4 is 21.9 Å². The lowest BCUT2D eigenvalue weighted by Gasteiger charge is -2.06. The molecule has 0 saturated carbocycles. The van der Waals surface area contributed by atoms with Gasteiger partial charge in [-0.3, -0.25) is 0 Å². The number of nitrogens with two attached hydrogens (primary N) is 1. The van der Waals surface area contributed by atoms with E-state index in [4.69, 9.17) is 5.73 Å². The molecular weight excluding hydrogens is 254 g/mol. The summed E-state index contributed by atoms with van der Waals surface area (Å²) in [4.78, 5) is 4.16. The number of halogens is 1. The van der Waals surface area contributed by atoms with Crippen LogP contribution in [0.4, 0.5) is 5.95 Å². The van der Waals surface area contributed by atoms with E-state index in [1.54, 1.807) is 0 Å². The first-order valence-corrected chi connectivity index (χ1v) is 5.49. The molecule has 15 heavy (non-hydrogen) atoms. The number of hydrogen-bond acceptors (Lipinski definition) is 2. The summed E-state index contributed by atoms with van der Waals surface area (Å²) in [6.07, 6.45) is 1.95. The van der Waals surface area contributed by atoms with E-state index in [2.05, 4.69) is 27.0 Å². The number of nitrogens with zero attached hydrogens (tertiary/aromatic N) is 2. The van der Waals surface area contributed by atoms with Crippen LogP contribution in [0.1, 0.15) is 11.3 Å². The Morgan fingerprint density at radius 3 is 2.73 bits per heavy atom. The fraction of sp³-hybridized carbons (Fsp3) is 0.182. The van der Waals surface area contributed by atoms with E-state index >= 15 is 0 Å². The molecule has 0 amide bonds. The average Bonchev–Trinajstić information content (AvgIpc) is 2.49. The average molecular weight is 266 g/mol. The summed E-state index contributed by atoms with van der Waals surface area (Å²) in [5.41, 5.74) is 7.92. The minimum atomic E-state index is 0.559. The van der Waals surface area contributed by atoms with E-state index in [9.17, 15) is 0 Å². The third-order valence-corrected chi connectivity index (χ3v) is 3.00. The number of nitrogen functional groups attached to an aromatic ring is 1. The van der Waals surface area contributed by atoms with E-state index in [1.165, 1.54) is 5.56 Å². The first-order chi connectivity index (χ1) is 7.16. The second kappa shape index (κ2) is 4.06. The number of benzene rings is 1. The molecule has 0 radical (unpaired) electrons. The second-order valence-electron chi connectivity index (χ2n) is 3.46. The predicted octanol–water partition coefficient (Wildman–Crippen LogP) is 2.58. The zero-order valence-corrected chi connectivity index (χ0v) is 10.0. The highest BCUT2D eigenvalue weighted by Crippen LogP contribution is 2.18. The van der Waals surface area contributed by atoms with E-state index in [1.807, 2.05) is 35.9 Å². The molecule has 0 saturated heterocycles. The van der Waals surface area contributed by atoms with Crippen molar-refractivity contribution in [3.63, 3.8) is 0 Å². The van der Waals surface area contributed by atoms with Gasteiger partial charge in [0, 0.05) is 10.7 Å². The second-order valence-corrected chi connectivity index (χ2v) is 4.31. The van der Waals surface area contributed by atoms with Gasteiger partial charge in [0.25, 0.3) is 0 Å². The smallest absolute Gasteiger partial charge is 0.200 e. The van der Waals surface area contributed by atoms with Gasteiger partial charge in [-0.15, -0.1) is 0 Å². The molecule has 2 rings (SSSR count). The number of imidazole rings is 1. The molecule has 0 fully saturated rings. The lowest BCUT2D eigenvalue weighted by atomic mass is 10.2. The summed E-state index contributed by atoms with van der Waals surface area (Å²) >= 11 is 3.51. The summed E-state index contributed by atoms with van der Waals surface area (Å²) in [7, 11) is 0. The minimum absolute atomic E-state index is 0.559. The molecule has 0 spiro atoms. The Kier molecular flexibility index (Phi) is 2.77. The van der Waals surface area contributed by atoms with E-state index in [0.717, 1.165) is 16.7 Å². The van der Waals surface area contributed by atoms with Crippen LogP contribution in [0.3, 0.4) is 0 Å². The normalized spacial score (nSPS) is 10.5. The monoisotopic (exact) mass is 265 g/mol. The van der Waals surface area contributed by atoms with Gasteiger partial charge in [0.2, 0.25) is 5.95 Å². The first kappa shape index (κ1) is 10.2. The molecule has 1 aromatic heterocycles. The fourth-order valence-electron chi connectivity index (χ4n) is 1.50. The Bertz CT molecular complexity index is 476. The maximum absolute atomic E-state index is 5.78. The van der Waals surface area contributed by atoms with Crippen LogP contribution in [0, 0.1) is 6.92 Å². The zero-order valence-electron chi connectivity index (χ0n) is 8.44. The van der Waals surface area contributed by atoms with Gasteiger partial charge in [-0.2, -0.15) is 0 Å². The van der Waals surface area contributed by atoms with Crippen molar-refractivity contribution in [2.75, 3.05) is 5.73 Å². The predicted molar refractivity (Wildman–Crippen MR) is 64.6 cm³/mol. The van der Waals surface area contributed by atoms with Crippen molar-refractivity contribution in [3.8, 4) is 0 Å². The molecule has 78 valence electrons. The number of hydrogen-bond donors (Lipinski definition) is 1. The summed E-state index contributed by atoms with van der Waals surface area (Å²) in [6, 6.07) is 8.10. The lowest BCUT2D eigenvalue weighted by Crippen LogP contribution is -2.03. The van der Waals surface area contributed by atoms with E-state index < -0.39 is 0 Å². The quantitative estimate of drug-likeness (QED) is 0.907. The Balaban J connectivity index is 2.29. The molecule has 2 N–H and O–H groups in total. The van der Waals surface area contributed by atoms with Gasteiger partial charge in [-0.1, -0.05) is 34.1 Å². The van der Waals surface area contributed by atoms with E-state index in [-0.39, 0.29) is 0 Å². The van der Waals surface area contributed by atoms with Gasteiger partial charge >= 0.3 is 0 Å². The Hall–Kier alpha value is -1.29. The third kappa shape index (κ3) is 2.21. The summed E-state index contributed by atoms with van der Waals surface area (Å²) < 4.78 is 3.03. The number of aromatic nitrogens is 2. The fourth-order valence-corrected chi connectivity index (χ4v) is 1.91. The molecule has 0 atom stereocenters. The Labute approximate surface area is 97.1 Å². The van der Waals surface area contributed by atoms with Crippen molar-refractivity contribution in [3.05, 3.63) is 46.2 Å². The van der Waals surface area contributed by atoms with Crippen molar-refractivity contribution in [1.82, 2.24) is 9.55 Å². The summed E-state index contributed by atoms with van der Waals surface area (Å²) in [5.74, 6) is 0.559. The molecule has 2 aromatic rings. The Morgan fingerprint density at radius 2 is 2.13 bits per heavy atom. The molecule has 0 bridgehead atoms. The van der Waals surface area contributed by atoms with Gasteiger partial charge in [0.1, 0.15) is 0 Å². The highest BCUT2D eigenvalue weighted by atomic mass is 79.9. The molecule has 3 nitrogen and oxygen atoms in total. The zero-order chi connectivity index (χ0) is 10.8. The van der Waals surface area contributed by atoms with Crippen molar-refractivity contribution < 1.29 is 0 Å². The number of aryl methyl sites for hydroxylation is 1. The molecule has 0 aliphatic heterocycles. The standard InChI is InChI=1S/C11H12BrN3/c1-8-6-15(11(13)14-8)7-9-4-2-3-5-10(9)12/h2-6H,7H2,1H3,(H2,13,14). The van der Waals surface area contributed by atoms with Crippen LogP contribution in [-0.2, 0) is 6.54 Å². The highest BCUT2D eigenvalue weighted by molar-refractivity contribution is 9.10. The molecule has 0 unspecified atom stereocenters. The number of anilines is 1. The highest BCUT2D eigenvalue weighted by Gasteiger charge is 2.04. The molecular formula is C11H12BrN3. The SMILES string of the molecule is Cc1cn(Cc2ccccc2Br)c(N)n1. The Morgan fingerprint density at radius 1 is 1.40 bits per heavy atom.